The molecule has 0 aliphatic rings. The third-order valence-electron chi connectivity index (χ3n) is 2.97. The van der Waals surface area contributed by atoms with E-state index in [1.807, 2.05) is 32.2 Å². The fourth-order valence-corrected chi connectivity index (χ4v) is 2.92. The number of benzene rings is 1. The van der Waals surface area contributed by atoms with E-state index in [2.05, 4.69) is 16.8 Å². The molecule has 1 aromatic carbocycles. The molecule has 1 amide bonds. The zero-order valence-electron chi connectivity index (χ0n) is 11.6. The summed E-state index contributed by atoms with van der Waals surface area (Å²) in [6, 6.07) is 9.67. The summed E-state index contributed by atoms with van der Waals surface area (Å²) in [5, 5.41) is 5.60. The molecule has 3 nitrogen and oxygen atoms in total. The molecule has 0 spiro atoms. The quantitative estimate of drug-likeness (QED) is 0.873. The Kier molecular flexibility index (Phi) is 5.17. The molecule has 0 fully saturated rings. The van der Waals surface area contributed by atoms with Gasteiger partial charge in [0.15, 0.2) is 6.54 Å². The van der Waals surface area contributed by atoms with Crippen molar-refractivity contribution in [3.05, 3.63) is 51.2 Å². The van der Waals surface area contributed by atoms with E-state index in [4.69, 9.17) is 11.6 Å². The minimum absolute atomic E-state index is 0.000948. The molecular weight excluding hydrogens is 292 g/mol. The first-order chi connectivity index (χ1) is 9.54. The summed E-state index contributed by atoms with van der Waals surface area (Å²) in [7, 11) is 2.02. The first kappa shape index (κ1) is 15.0. The number of amides is 1. The van der Waals surface area contributed by atoms with E-state index in [9.17, 15) is 4.79 Å². The van der Waals surface area contributed by atoms with Gasteiger partial charge < -0.3 is 10.2 Å². The lowest BCUT2D eigenvalue weighted by atomic mass is 10.2. The molecule has 0 bridgehead atoms. The zero-order chi connectivity index (χ0) is 14.5. The van der Waals surface area contributed by atoms with Gasteiger partial charge in [0, 0.05) is 10.7 Å². The number of quaternary nitrogens is 1. The third kappa shape index (κ3) is 4.34. The second-order valence-corrected chi connectivity index (χ2v) is 6.34. The van der Waals surface area contributed by atoms with E-state index in [0.717, 1.165) is 22.7 Å². The van der Waals surface area contributed by atoms with Crippen LogP contribution in [0.4, 0.5) is 5.69 Å². The maximum Gasteiger partial charge on any atom is 0.279 e. The number of hydrogen-bond acceptors (Lipinski definition) is 2. The summed E-state index contributed by atoms with van der Waals surface area (Å²) in [4.78, 5) is 14.4. The molecule has 5 heteroatoms. The Morgan fingerprint density at radius 2 is 2.20 bits per heavy atom. The summed E-state index contributed by atoms with van der Waals surface area (Å²) >= 11 is 7.76. The minimum atomic E-state index is -0.000948. The van der Waals surface area contributed by atoms with Crippen LogP contribution in [0.1, 0.15) is 10.4 Å². The van der Waals surface area contributed by atoms with Crippen LogP contribution in [0.25, 0.3) is 0 Å². The maximum absolute atomic E-state index is 12.0. The summed E-state index contributed by atoms with van der Waals surface area (Å²) in [5.41, 5.74) is 1.75. The number of rotatable bonds is 5. The zero-order valence-corrected chi connectivity index (χ0v) is 13.1. The van der Waals surface area contributed by atoms with Crippen molar-refractivity contribution < 1.29 is 9.69 Å². The molecule has 0 radical (unpaired) electrons. The number of hydrogen-bond donors (Lipinski definition) is 2. The fraction of sp³-hybridized carbons (Fsp3) is 0.267. The predicted molar refractivity (Wildman–Crippen MR) is 84.6 cm³/mol. The van der Waals surface area contributed by atoms with Crippen molar-refractivity contribution in [2.75, 3.05) is 18.9 Å². The fourth-order valence-electron chi connectivity index (χ4n) is 1.92. The van der Waals surface area contributed by atoms with Crippen LogP contribution in [0.5, 0.6) is 0 Å². The lowest BCUT2D eigenvalue weighted by Crippen LogP contribution is -3.08. The lowest BCUT2D eigenvalue weighted by molar-refractivity contribution is -0.884. The smallest absolute Gasteiger partial charge is 0.279 e. The molecule has 0 saturated heterocycles. The van der Waals surface area contributed by atoms with Crippen LogP contribution in [-0.2, 0) is 11.3 Å². The Morgan fingerprint density at radius 3 is 2.85 bits per heavy atom. The van der Waals surface area contributed by atoms with Gasteiger partial charge in [-0.1, -0.05) is 23.7 Å². The standard InChI is InChI=1S/C15H17ClN2OS/c1-11-5-6-12(8-14(11)16)17-15(19)10-18(2)9-13-4-3-7-20-13/h3-8H,9-10H2,1-2H3,(H,17,19)/p+1. The molecule has 0 saturated carbocycles. The average Bonchev–Trinajstić information content (AvgIpc) is 2.86. The SMILES string of the molecule is Cc1ccc(NC(=O)C[NH+](C)Cc2cccs2)cc1Cl. The molecule has 2 N–H and O–H groups in total. The van der Waals surface area contributed by atoms with Crippen LogP contribution in [0, 0.1) is 6.92 Å². The molecule has 1 atom stereocenters. The van der Waals surface area contributed by atoms with Gasteiger partial charge in [0.05, 0.1) is 11.9 Å². The highest BCUT2D eigenvalue weighted by molar-refractivity contribution is 7.09. The number of aryl methyl sites for hydroxylation is 1. The van der Waals surface area contributed by atoms with Crippen molar-refractivity contribution in [2.24, 2.45) is 0 Å². The molecule has 1 heterocycles. The normalized spacial score (nSPS) is 12.2. The highest BCUT2D eigenvalue weighted by Crippen LogP contribution is 2.19. The van der Waals surface area contributed by atoms with Crippen molar-refractivity contribution in [1.82, 2.24) is 0 Å². The third-order valence-corrected chi connectivity index (χ3v) is 4.26. The molecule has 0 aliphatic carbocycles. The molecule has 1 unspecified atom stereocenters. The van der Waals surface area contributed by atoms with Gasteiger partial charge in [0.2, 0.25) is 0 Å². The van der Waals surface area contributed by atoms with E-state index >= 15 is 0 Å². The van der Waals surface area contributed by atoms with Gasteiger partial charge in [0.1, 0.15) is 6.54 Å². The molecule has 2 aromatic rings. The number of nitrogens with one attached hydrogen (secondary N) is 2. The first-order valence-electron chi connectivity index (χ1n) is 6.44. The van der Waals surface area contributed by atoms with Crippen molar-refractivity contribution in [3.63, 3.8) is 0 Å². The van der Waals surface area contributed by atoms with Gasteiger partial charge in [-0.3, -0.25) is 4.79 Å². The second kappa shape index (κ2) is 6.88. The van der Waals surface area contributed by atoms with Crippen LogP contribution in [0.3, 0.4) is 0 Å². The Bertz CT molecular complexity index is 584. The van der Waals surface area contributed by atoms with E-state index in [1.54, 1.807) is 17.4 Å². The maximum atomic E-state index is 12.0. The van der Waals surface area contributed by atoms with Crippen LogP contribution in [-0.4, -0.2) is 19.5 Å². The van der Waals surface area contributed by atoms with Gasteiger partial charge in [-0.2, -0.15) is 0 Å². The number of carbonyl (C=O) groups excluding carboxylic acids is 1. The summed E-state index contributed by atoms with van der Waals surface area (Å²) in [6.07, 6.45) is 0. The lowest BCUT2D eigenvalue weighted by Gasteiger charge is -2.13. The molecule has 2 rings (SSSR count). The van der Waals surface area contributed by atoms with E-state index in [-0.39, 0.29) is 5.91 Å². The monoisotopic (exact) mass is 309 g/mol. The largest absolute Gasteiger partial charge is 0.325 e. The van der Waals surface area contributed by atoms with Crippen molar-refractivity contribution in [1.29, 1.82) is 0 Å². The molecule has 20 heavy (non-hydrogen) atoms. The summed E-state index contributed by atoms with van der Waals surface area (Å²) < 4.78 is 0. The Morgan fingerprint density at radius 1 is 1.40 bits per heavy atom. The highest BCUT2D eigenvalue weighted by Gasteiger charge is 2.11. The van der Waals surface area contributed by atoms with Crippen LogP contribution in [0.15, 0.2) is 35.7 Å². The second-order valence-electron chi connectivity index (χ2n) is 4.90. The number of anilines is 1. The van der Waals surface area contributed by atoms with Crippen molar-refractivity contribution in [3.8, 4) is 0 Å². The van der Waals surface area contributed by atoms with Gasteiger partial charge in [0.25, 0.3) is 5.91 Å². The van der Waals surface area contributed by atoms with Gasteiger partial charge in [-0.05, 0) is 36.1 Å². The van der Waals surface area contributed by atoms with Gasteiger partial charge in [-0.15, -0.1) is 11.3 Å². The van der Waals surface area contributed by atoms with E-state index < -0.39 is 0 Å². The topological polar surface area (TPSA) is 33.5 Å². The Hall–Kier alpha value is -1.36. The number of thiophene rings is 1. The molecule has 106 valence electrons. The molecule has 1 aromatic heterocycles. The predicted octanol–water partition coefficient (Wildman–Crippen LogP) is 2.36. The first-order valence-corrected chi connectivity index (χ1v) is 7.70. The number of likely N-dealkylation sites (N-methyl/N-ethyl adjacent to an activating group) is 1. The Balaban J connectivity index is 1.87. The van der Waals surface area contributed by atoms with Gasteiger partial charge >= 0.3 is 0 Å². The highest BCUT2D eigenvalue weighted by atomic mass is 35.5. The minimum Gasteiger partial charge on any atom is -0.325 e. The summed E-state index contributed by atoms with van der Waals surface area (Å²) in [5.74, 6) is -0.000948. The van der Waals surface area contributed by atoms with Crippen LogP contribution in [0.2, 0.25) is 5.02 Å². The average molecular weight is 310 g/mol. The van der Waals surface area contributed by atoms with Gasteiger partial charge in [-0.25, -0.2) is 0 Å². The van der Waals surface area contributed by atoms with E-state index in [1.165, 1.54) is 4.88 Å². The van der Waals surface area contributed by atoms with Crippen LogP contribution < -0.4 is 10.2 Å². The van der Waals surface area contributed by atoms with Crippen molar-refractivity contribution in [2.45, 2.75) is 13.5 Å². The Labute approximate surface area is 128 Å². The summed E-state index contributed by atoms with van der Waals surface area (Å²) in [6.45, 7) is 3.23. The number of halogens is 1. The van der Waals surface area contributed by atoms with Crippen LogP contribution >= 0.6 is 22.9 Å². The number of carbonyl (C=O) groups is 1. The molecule has 0 aliphatic heterocycles. The van der Waals surface area contributed by atoms with E-state index in [0.29, 0.717) is 11.6 Å². The molecular formula is C15H18ClN2OS+. The van der Waals surface area contributed by atoms with Crippen molar-refractivity contribution >= 4 is 34.5 Å².